The Morgan fingerprint density at radius 2 is 2.25 bits per heavy atom. The lowest BCUT2D eigenvalue weighted by Crippen LogP contribution is -2.50. The first-order valence-electron chi connectivity index (χ1n) is 8.25. The van der Waals surface area contributed by atoms with Crippen molar-refractivity contribution in [3.63, 3.8) is 0 Å². The molecule has 3 heterocycles. The van der Waals surface area contributed by atoms with Crippen LogP contribution in [0, 0.1) is 0 Å². The summed E-state index contributed by atoms with van der Waals surface area (Å²) in [4.78, 5) is 0. The van der Waals surface area contributed by atoms with Crippen LogP contribution in [0.1, 0.15) is 42.6 Å². The van der Waals surface area contributed by atoms with Gasteiger partial charge >= 0.3 is 0 Å². The number of nitrogens with zero attached hydrogens (tertiary/aromatic N) is 3. The number of aryl methyl sites for hydroxylation is 1. The average molecular weight is 349 g/mol. The number of phenols is 1. The van der Waals surface area contributed by atoms with Crippen LogP contribution in [0.15, 0.2) is 18.3 Å². The van der Waals surface area contributed by atoms with Gasteiger partial charge in [0.15, 0.2) is 0 Å². The van der Waals surface area contributed by atoms with E-state index < -0.39 is 5.60 Å². The van der Waals surface area contributed by atoms with E-state index in [0.717, 1.165) is 36.1 Å². The summed E-state index contributed by atoms with van der Waals surface area (Å²) >= 11 is 6.19. The molecule has 0 unspecified atom stereocenters. The molecule has 1 saturated heterocycles. The Morgan fingerprint density at radius 1 is 1.42 bits per heavy atom. The number of halogens is 1. The summed E-state index contributed by atoms with van der Waals surface area (Å²) < 4.78 is 8.04. The number of hydrogen-bond acceptors (Lipinski definition) is 5. The Labute approximate surface area is 145 Å². The molecule has 7 heteroatoms. The highest BCUT2D eigenvalue weighted by atomic mass is 35.5. The van der Waals surface area contributed by atoms with Gasteiger partial charge in [0.1, 0.15) is 5.75 Å². The molecule has 0 saturated carbocycles. The maximum atomic E-state index is 9.94. The molecule has 3 atom stereocenters. The van der Waals surface area contributed by atoms with E-state index in [-0.39, 0.29) is 17.8 Å². The first kappa shape index (κ1) is 15.9. The fourth-order valence-electron chi connectivity index (χ4n) is 4.09. The standard InChI is InChI=1S/C17H21ClN4O2/c1-10-7-17(8-14(19-10)15-9-22(2)21-20-15)12-6-13(18)16(23)5-11(12)3-4-24-17/h5-6,9-10,14,19,23H,3-4,7-8H2,1-2H3/t10-,14-,17-/m0/s1. The second kappa shape index (κ2) is 5.72. The summed E-state index contributed by atoms with van der Waals surface area (Å²) in [5.74, 6) is 0.139. The van der Waals surface area contributed by atoms with Crippen LogP contribution in [0.5, 0.6) is 5.75 Å². The smallest absolute Gasteiger partial charge is 0.134 e. The van der Waals surface area contributed by atoms with E-state index in [1.54, 1.807) is 10.7 Å². The van der Waals surface area contributed by atoms with E-state index in [4.69, 9.17) is 16.3 Å². The molecule has 2 aliphatic rings. The lowest BCUT2D eigenvalue weighted by molar-refractivity contribution is -0.0987. The molecule has 24 heavy (non-hydrogen) atoms. The van der Waals surface area contributed by atoms with E-state index in [1.165, 1.54) is 0 Å². The van der Waals surface area contributed by atoms with Crippen molar-refractivity contribution >= 4 is 11.6 Å². The number of piperidine rings is 1. The maximum Gasteiger partial charge on any atom is 0.134 e. The van der Waals surface area contributed by atoms with Gasteiger partial charge in [-0.3, -0.25) is 4.68 Å². The zero-order valence-electron chi connectivity index (χ0n) is 13.8. The van der Waals surface area contributed by atoms with Crippen molar-refractivity contribution < 1.29 is 9.84 Å². The lowest BCUT2D eigenvalue weighted by Gasteiger charge is -2.47. The van der Waals surface area contributed by atoms with Crippen LogP contribution < -0.4 is 5.32 Å². The number of nitrogens with one attached hydrogen (secondary N) is 1. The van der Waals surface area contributed by atoms with E-state index in [0.29, 0.717) is 11.6 Å². The van der Waals surface area contributed by atoms with Crippen molar-refractivity contribution in [1.82, 2.24) is 20.3 Å². The molecule has 1 aromatic heterocycles. The van der Waals surface area contributed by atoms with Gasteiger partial charge in [-0.05, 0) is 43.0 Å². The van der Waals surface area contributed by atoms with Gasteiger partial charge in [0.25, 0.3) is 0 Å². The third kappa shape index (κ3) is 2.59. The molecule has 6 nitrogen and oxygen atoms in total. The SMILES string of the molecule is C[C@H]1C[C@@]2(C[C@@H](c3cn(C)nn3)N1)OCCc1cc(O)c(Cl)cc12. The quantitative estimate of drug-likeness (QED) is 0.828. The van der Waals surface area contributed by atoms with Crippen molar-refractivity contribution in [3.05, 3.63) is 40.2 Å². The Morgan fingerprint density at radius 3 is 3.00 bits per heavy atom. The zero-order valence-corrected chi connectivity index (χ0v) is 14.5. The van der Waals surface area contributed by atoms with Gasteiger partial charge in [0, 0.05) is 25.7 Å². The van der Waals surface area contributed by atoms with E-state index in [9.17, 15) is 5.11 Å². The van der Waals surface area contributed by atoms with Crippen LogP contribution in [0.25, 0.3) is 0 Å². The van der Waals surface area contributed by atoms with Gasteiger partial charge in [-0.1, -0.05) is 16.8 Å². The first-order valence-corrected chi connectivity index (χ1v) is 8.63. The topological polar surface area (TPSA) is 72.2 Å². The predicted molar refractivity (Wildman–Crippen MR) is 90.0 cm³/mol. The molecular weight excluding hydrogens is 328 g/mol. The highest BCUT2D eigenvalue weighted by Crippen LogP contribution is 2.47. The number of hydrogen-bond donors (Lipinski definition) is 2. The number of fused-ring (bicyclic) bond motifs is 2. The van der Waals surface area contributed by atoms with Crippen LogP contribution in [0.2, 0.25) is 5.02 Å². The van der Waals surface area contributed by atoms with E-state index in [2.05, 4.69) is 22.6 Å². The number of aromatic hydroxyl groups is 1. The fraction of sp³-hybridized carbons (Fsp3) is 0.529. The molecule has 1 fully saturated rings. The molecule has 0 amide bonds. The Bertz CT molecular complexity index is 778. The number of phenolic OH excluding ortho intramolecular Hbond substituents is 1. The number of aromatic nitrogens is 3. The summed E-state index contributed by atoms with van der Waals surface area (Å²) in [7, 11) is 1.87. The Hall–Kier alpha value is -1.63. The van der Waals surface area contributed by atoms with Crippen molar-refractivity contribution in [3.8, 4) is 5.75 Å². The third-order valence-electron chi connectivity index (χ3n) is 5.05. The first-order chi connectivity index (χ1) is 11.5. The van der Waals surface area contributed by atoms with Crippen LogP contribution in [0.3, 0.4) is 0 Å². The minimum absolute atomic E-state index is 0.0704. The molecule has 2 N–H and O–H groups in total. The minimum Gasteiger partial charge on any atom is -0.506 e. The monoisotopic (exact) mass is 348 g/mol. The van der Waals surface area contributed by atoms with Crippen LogP contribution in [0.4, 0.5) is 0 Å². The summed E-state index contributed by atoms with van der Waals surface area (Å²) in [5.41, 5.74) is 2.73. The maximum absolute atomic E-state index is 9.94. The third-order valence-corrected chi connectivity index (χ3v) is 5.35. The van der Waals surface area contributed by atoms with Gasteiger partial charge < -0.3 is 15.2 Å². The molecule has 1 aromatic carbocycles. The van der Waals surface area contributed by atoms with E-state index >= 15 is 0 Å². The lowest BCUT2D eigenvalue weighted by atomic mass is 9.74. The zero-order chi connectivity index (χ0) is 16.9. The van der Waals surface area contributed by atoms with Crippen molar-refractivity contribution in [2.45, 2.75) is 43.9 Å². The summed E-state index contributed by atoms with van der Waals surface area (Å²) in [5, 5.41) is 22.2. The van der Waals surface area contributed by atoms with Gasteiger partial charge in [-0.25, -0.2) is 0 Å². The van der Waals surface area contributed by atoms with Crippen molar-refractivity contribution in [2.24, 2.45) is 7.05 Å². The van der Waals surface area contributed by atoms with Gasteiger partial charge in [0.05, 0.1) is 29.0 Å². The molecular formula is C17H21ClN4O2. The predicted octanol–water partition coefficient (Wildman–Crippen LogP) is 2.46. The van der Waals surface area contributed by atoms with Crippen molar-refractivity contribution in [2.75, 3.05) is 6.61 Å². The van der Waals surface area contributed by atoms with E-state index in [1.807, 2.05) is 19.3 Å². The average Bonchev–Trinajstić information content (AvgIpc) is 2.96. The Kier molecular flexibility index (Phi) is 3.78. The molecule has 1 spiro atoms. The largest absolute Gasteiger partial charge is 0.506 e. The van der Waals surface area contributed by atoms with Crippen molar-refractivity contribution in [1.29, 1.82) is 0 Å². The minimum atomic E-state index is -0.405. The highest BCUT2D eigenvalue weighted by Gasteiger charge is 2.45. The summed E-state index contributed by atoms with van der Waals surface area (Å²) in [6, 6.07) is 3.99. The van der Waals surface area contributed by atoms with Gasteiger partial charge in [-0.15, -0.1) is 5.10 Å². The van der Waals surface area contributed by atoms with Crippen LogP contribution >= 0.6 is 11.6 Å². The molecule has 4 rings (SSSR count). The Balaban J connectivity index is 1.76. The normalized spacial score (nSPS) is 29.6. The summed E-state index contributed by atoms with van der Waals surface area (Å²) in [6.45, 7) is 2.80. The second-order valence-electron chi connectivity index (χ2n) is 6.90. The van der Waals surface area contributed by atoms with Crippen LogP contribution in [-0.2, 0) is 23.8 Å². The number of rotatable bonds is 1. The molecule has 0 bridgehead atoms. The molecule has 0 aliphatic carbocycles. The van der Waals surface area contributed by atoms with Gasteiger partial charge in [-0.2, -0.15) is 0 Å². The second-order valence-corrected chi connectivity index (χ2v) is 7.31. The fourth-order valence-corrected chi connectivity index (χ4v) is 4.26. The number of benzene rings is 1. The summed E-state index contributed by atoms with van der Waals surface area (Å²) in [6.07, 6.45) is 4.36. The molecule has 128 valence electrons. The molecule has 2 aromatic rings. The molecule has 0 radical (unpaired) electrons. The number of ether oxygens (including phenoxy) is 1. The molecule has 2 aliphatic heterocycles. The van der Waals surface area contributed by atoms with Crippen LogP contribution in [-0.4, -0.2) is 32.7 Å². The van der Waals surface area contributed by atoms with Gasteiger partial charge in [0.2, 0.25) is 0 Å². The highest BCUT2D eigenvalue weighted by molar-refractivity contribution is 6.32.